The Morgan fingerprint density at radius 1 is 0.500 bits per heavy atom. The fraction of sp³-hybridized carbons (Fsp3) is 0.760. The van der Waals surface area contributed by atoms with Crippen LogP contribution in [0.2, 0.25) is 0 Å². The second-order valence-corrected chi connectivity index (χ2v) is 9.03. The third kappa shape index (κ3) is 17.5. The Bertz CT molecular complexity index is 410. The molecule has 1 aromatic carbocycles. The summed E-state index contributed by atoms with van der Waals surface area (Å²) in [6.45, 7) is 3.42. The first-order valence-electron chi connectivity index (χ1n) is 12.4. The molecular formula is C25H48N2Si. The molecule has 1 rings (SSSR count). The molecule has 0 bridgehead atoms. The summed E-state index contributed by atoms with van der Waals surface area (Å²) in [5.74, 6) is 0. The highest BCUT2D eigenvalue weighted by atomic mass is 28.1. The SMILES string of the molecule is [SiH3]CNCCCCCCCCCCCCCCCCCNCc1ccccc1. The molecule has 0 unspecified atom stereocenters. The van der Waals surface area contributed by atoms with Crippen LogP contribution in [0.15, 0.2) is 30.3 Å². The molecule has 1 aromatic rings. The number of hydrogen-bond acceptors (Lipinski definition) is 2. The van der Waals surface area contributed by atoms with Gasteiger partial charge in [0.15, 0.2) is 0 Å². The molecule has 2 nitrogen and oxygen atoms in total. The van der Waals surface area contributed by atoms with Crippen molar-refractivity contribution in [3.8, 4) is 0 Å². The first-order chi connectivity index (χ1) is 13.9. The van der Waals surface area contributed by atoms with E-state index < -0.39 is 0 Å². The summed E-state index contributed by atoms with van der Waals surface area (Å²) >= 11 is 0. The molecule has 162 valence electrons. The van der Waals surface area contributed by atoms with E-state index in [-0.39, 0.29) is 0 Å². The van der Waals surface area contributed by atoms with E-state index in [1.54, 1.807) is 0 Å². The lowest BCUT2D eigenvalue weighted by atomic mass is 10.0. The molecule has 0 aliphatic heterocycles. The van der Waals surface area contributed by atoms with Crippen molar-refractivity contribution in [2.45, 2.75) is 103 Å². The second-order valence-electron chi connectivity index (χ2n) is 8.32. The molecule has 0 atom stereocenters. The number of nitrogens with one attached hydrogen (secondary N) is 2. The van der Waals surface area contributed by atoms with E-state index >= 15 is 0 Å². The lowest BCUT2D eigenvalue weighted by Gasteiger charge is -2.05. The summed E-state index contributed by atoms with van der Waals surface area (Å²) in [5, 5.41) is 7.02. The molecule has 0 spiro atoms. The maximum atomic E-state index is 3.55. The second kappa shape index (κ2) is 21.1. The molecule has 28 heavy (non-hydrogen) atoms. The van der Waals surface area contributed by atoms with E-state index in [4.69, 9.17) is 0 Å². The molecule has 0 saturated carbocycles. The highest BCUT2D eigenvalue weighted by molar-refractivity contribution is 6.08. The molecular weight excluding hydrogens is 356 g/mol. The monoisotopic (exact) mass is 404 g/mol. The van der Waals surface area contributed by atoms with Gasteiger partial charge in [-0.3, -0.25) is 0 Å². The fourth-order valence-electron chi connectivity index (χ4n) is 3.80. The molecule has 0 fully saturated rings. The van der Waals surface area contributed by atoms with Crippen molar-refractivity contribution >= 4 is 10.2 Å². The van der Waals surface area contributed by atoms with Gasteiger partial charge in [0.25, 0.3) is 0 Å². The topological polar surface area (TPSA) is 24.1 Å². The molecule has 0 aliphatic carbocycles. The van der Waals surface area contributed by atoms with E-state index in [0.29, 0.717) is 0 Å². The first-order valence-corrected chi connectivity index (χ1v) is 13.8. The molecule has 3 heteroatoms. The Morgan fingerprint density at radius 2 is 0.893 bits per heavy atom. The predicted octanol–water partition coefficient (Wildman–Crippen LogP) is 5.54. The van der Waals surface area contributed by atoms with Crippen molar-refractivity contribution in [2.75, 3.05) is 19.3 Å². The van der Waals surface area contributed by atoms with Crippen LogP contribution in [0.1, 0.15) is 102 Å². The molecule has 0 amide bonds. The zero-order valence-corrected chi connectivity index (χ0v) is 20.8. The quantitative estimate of drug-likeness (QED) is 0.208. The third-order valence-corrected chi connectivity index (χ3v) is 6.13. The van der Waals surface area contributed by atoms with Crippen LogP contribution in [0.25, 0.3) is 0 Å². The highest BCUT2D eigenvalue weighted by Gasteiger charge is 1.95. The Kier molecular flexibility index (Phi) is 19.1. The summed E-state index contributed by atoms with van der Waals surface area (Å²) in [6, 6.07) is 10.7. The van der Waals surface area contributed by atoms with Gasteiger partial charge in [-0.05, 0) is 37.7 Å². The maximum Gasteiger partial charge on any atom is 0.0205 e. The minimum absolute atomic E-state index is 1.01. The smallest absolute Gasteiger partial charge is 0.0205 e. The molecule has 0 saturated heterocycles. The van der Waals surface area contributed by atoms with Gasteiger partial charge >= 0.3 is 0 Å². The Labute approximate surface area is 179 Å². The van der Waals surface area contributed by atoms with Crippen LogP contribution in [0.5, 0.6) is 0 Å². The minimum Gasteiger partial charge on any atom is -0.320 e. The van der Waals surface area contributed by atoms with Crippen LogP contribution in [-0.4, -0.2) is 29.5 Å². The fourth-order valence-corrected chi connectivity index (χ4v) is 4.16. The van der Waals surface area contributed by atoms with E-state index in [2.05, 4.69) is 41.0 Å². The maximum absolute atomic E-state index is 3.55. The first kappa shape index (κ1) is 25.4. The van der Waals surface area contributed by atoms with Crippen molar-refractivity contribution < 1.29 is 0 Å². The minimum atomic E-state index is 1.01. The summed E-state index contributed by atoms with van der Waals surface area (Å²) < 4.78 is 0. The molecule has 2 N–H and O–H groups in total. The van der Waals surface area contributed by atoms with Gasteiger partial charge in [0.05, 0.1) is 0 Å². The standard InChI is InChI=1S/C25H48N2Si/c28-24-27-22-18-13-11-9-7-5-3-1-2-4-6-8-10-12-17-21-26-23-25-19-15-14-16-20-25/h14-16,19-20,26-27H,1-13,17-18,21-24H2,28H3. The van der Waals surface area contributed by atoms with E-state index in [1.165, 1.54) is 125 Å². The van der Waals surface area contributed by atoms with Crippen LogP contribution >= 0.6 is 0 Å². The third-order valence-electron chi connectivity index (χ3n) is 5.63. The van der Waals surface area contributed by atoms with Gasteiger partial charge in [0.1, 0.15) is 0 Å². The average molecular weight is 405 g/mol. The van der Waals surface area contributed by atoms with E-state index in [9.17, 15) is 0 Å². The number of unbranched alkanes of at least 4 members (excludes halogenated alkanes) is 14. The largest absolute Gasteiger partial charge is 0.320 e. The molecule has 0 aromatic heterocycles. The number of benzene rings is 1. The van der Waals surface area contributed by atoms with Gasteiger partial charge in [0, 0.05) is 16.8 Å². The summed E-state index contributed by atoms with van der Waals surface area (Å²) in [6.07, 6.45) is 22.8. The van der Waals surface area contributed by atoms with Crippen LogP contribution < -0.4 is 10.6 Å². The molecule has 0 aliphatic rings. The van der Waals surface area contributed by atoms with Gasteiger partial charge < -0.3 is 10.6 Å². The van der Waals surface area contributed by atoms with Crippen molar-refractivity contribution in [1.29, 1.82) is 0 Å². The van der Waals surface area contributed by atoms with Gasteiger partial charge in [-0.15, -0.1) is 0 Å². The Morgan fingerprint density at radius 3 is 1.32 bits per heavy atom. The van der Waals surface area contributed by atoms with Crippen LogP contribution in [0.4, 0.5) is 0 Å². The average Bonchev–Trinajstić information content (AvgIpc) is 2.73. The van der Waals surface area contributed by atoms with Crippen LogP contribution in [-0.2, 0) is 6.54 Å². The van der Waals surface area contributed by atoms with E-state index in [1.807, 2.05) is 0 Å². The van der Waals surface area contributed by atoms with Crippen LogP contribution in [0.3, 0.4) is 0 Å². The van der Waals surface area contributed by atoms with Crippen molar-refractivity contribution in [3.05, 3.63) is 35.9 Å². The van der Waals surface area contributed by atoms with Gasteiger partial charge in [-0.1, -0.05) is 114 Å². The van der Waals surface area contributed by atoms with Gasteiger partial charge in [-0.2, -0.15) is 0 Å². The Hall–Kier alpha value is -0.643. The summed E-state index contributed by atoms with van der Waals surface area (Å²) in [7, 11) is 1.29. The zero-order chi connectivity index (χ0) is 20.0. The Balaban J connectivity index is 1.67. The van der Waals surface area contributed by atoms with Crippen molar-refractivity contribution in [3.63, 3.8) is 0 Å². The van der Waals surface area contributed by atoms with E-state index in [0.717, 1.165) is 13.1 Å². The lowest BCUT2D eigenvalue weighted by molar-refractivity contribution is 0.524. The summed E-state index contributed by atoms with van der Waals surface area (Å²) in [5.41, 5.74) is 1.39. The summed E-state index contributed by atoms with van der Waals surface area (Å²) in [4.78, 5) is 0. The van der Waals surface area contributed by atoms with Gasteiger partial charge in [-0.25, -0.2) is 0 Å². The highest BCUT2D eigenvalue weighted by Crippen LogP contribution is 2.13. The molecule has 0 radical (unpaired) electrons. The lowest BCUT2D eigenvalue weighted by Crippen LogP contribution is -2.16. The van der Waals surface area contributed by atoms with Crippen molar-refractivity contribution in [1.82, 2.24) is 10.6 Å². The molecule has 0 heterocycles. The zero-order valence-electron chi connectivity index (χ0n) is 18.8. The van der Waals surface area contributed by atoms with Crippen LogP contribution in [0, 0.1) is 0 Å². The van der Waals surface area contributed by atoms with Gasteiger partial charge in [0.2, 0.25) is 0 Å². The number of hydrogen-bond donors (Lipinski definition) is 2. The predicted molar refractivity (Wildman–Crippen MR) is 130 cm³/mol. The number of rotatable bonds is 21. The normalized spacial score (nSPS) is 11.3. The van der Waals surface area contributed by atoms with Crippen molar-refractivity contribution in [2.24, 2.45) is 0 Å².